The van der Waals surface area contributed by atoms with Crippen molar-refractivity contribution in [2.45, 2.75) is 13.3 Å². The van der Waals surface area contributed by atoms with Crippen LogP contribution in [0, 0.1) is 6.92 Å². The molecular weight excluding hydrogens is 176 g/mol. The Morgan fingerprint density at radius 1 is 1.57 bits per heavy atom. The van der Waals surface area contributed by atoms with Crippen LogP contribution in [0.4, 0.5) is 0 Å². The summed E-state index contributed by atoms with van der Waals surface area (Å²) in [6.45, 7) is 5.81. The minimum Gasteiger partial charge on any atom is -0.493 e. The number of hydrogen-bond donors (Lipinski definition) is 0. The third-order valence-electron chi connectivity index (χ3n) is 1.83. The molecular formula is C12H14O2. The van der Waals surface area contributed by atoms with Crippen LogP contribution in [-0.2, 0) is 4.79 Å². The van der Waals surface area contributed by atoms with Gasteiger partial charge in [-0.1, -0.05) is 18.7 Å². The highest BCUT2D eigenvalue weighted by Crippen LogP contribution is 2.12. The number of aryl methyl sites for hydroxylation is 1. The van der Waals surface area contributed by atoms with Crippen molar-refractivity contribution in [3.8, 4) is 5.75 Å². The van der Waals surface area contributed by atoms with E-state index in [0.717, 1.165) is 11.3 Å². The van der Waals surface area contributed by atoms with E-state index in [4.69, 9.17) is 4.74 Å². The van der Waals surface area contributed by atoms with Crippen LogP contribution in [0.2, 0.25) is 0 Å². The summed E-state index contributed by atoms with van der Waals surface area (Å²) in [7, 11) is 0. The quantitative estimate of drug-likeness (QED) is 0.667. The normalized spacial score (nSPS) is 9.50. The van der Waals surface area contributed by atoms with E-state index in [1.165, 1.54) is 6.08 Å². The van der Waals surface area contributed by atoms with Crippen LogP contribution in [0.25, 0.3) is 0 Å². The van der Waals surface area contributed by atoms with Crippen molar-refractivity contribution in [2.24, 2.45) is 0 Å². The zero-order chi connectivity index (χ0) is 10.4. The molecule has 0 saturated heterocycles. The van der Waals surface area contributed by atoms with Crippen LogP contribution in [0.15, 0.2) is 36.9 Å². The molecule has 0 aliphatic rings. The van der Waals surface area contributed by atoms with Gasteiger partial charge in [-0.25, -0.2) is 0 Å². The van der Waals surface area contributed by atoms with E-state index in [-0.39, 0.29) is 5.78 Å². The molecule has 0 saturated carbocycles. The van der Waals surface area contributed by atoms with Crippen molar-refractivity contribution in [3.63, 3.8) is 0 Å². The first-order chi connectivity index (χ1) is 6.72. The van der Waals surface area contributed by atoms with Crippen LogP contribution in [0.3, 0.4) is 0 Å². The van der Waals surface area contributed by atoms with Gasteiger partial charge in [0.05, 0.1) is 6.61 Å². The molecule has 0 amide bonds. The van der Waals surface area contributed by atoms with Gasteiger partial charge in [0.25, 0.3) is 0 Å². The van der Waals surface area contributed by atoms with Crippen molar-refractivity contribution in [3.05, 3.63) is 42.5 Å². The lowest BCUT2D eigenvalue weighted by molar-refractivity contribution is -0.115. The van der Waals surface area contributed by atoms with Gasteiger partial charge in [-0.05, 0) is 30.7 Å². The molecule has 0 spiro atoms. The fourth-order valence-electron chi connectivity index (χ4n) is 1.08. The van der Waals surface area contributed by atoms with Crippen molar-refractivity contribution < 1.29 is 9.53 Å². The van der Waals surface area contributed by atoms with Crippen LogP contribution >= 0.6 is 0 Å². The first-order valence-corrected chi connectivity index (χ1v) is 4.57. The monoisotopic (exact) mass is 190 g/mol. The summed E-state index contributed by atoms with van der Waals surface area (Å²) in [6, 6.07) is 7.76. The zero-order valence-electron chi connectivity index (χ0n) is 8.32. The summed E-state index contributed by atoms with van der Waals surface area (Å²) in [6.07, 6.45) is 1.71. The highest BCUT2D eigenvalue weighted by atomic mass is 16.5. The maximum Gasteiger partial charge on any atom is 0.158 e. The Bertz CT molecular complexity index is 329. The maximum absolute atomic E-state index is 10.9. The summed E-state index contributed by atoms with van der Waals surface area (Å²) in [5.41, 5.74) is 1.15. The third kappa shape index (κ3) is 3.44. The van der Waals surface area contributed by atoms with Crippen LogP contribution < -0.4 is 4.74 Å². The van der Waals surface area contributed by atoms with Gasteiger partial charge in [-0.3, -0.25) is 4.79 Å². The van der Waals surface area contributed by atoms with Crippen molar-refractivity contribution >= 4 is 5.78 Å². The Kier molecular flexibility index (Phi) is 3.92. The molecule has 1 aromatic rings. The van der Waals surface area contributed by atoms with E-state index in [2.05, 4.69) is 6.58 Å². The zero-order valence-corrected chi connectivity index (χ0v) is 8.32. The van der Waals surface area contributed by atoms with E-state index in [9.17, 15) is 4.79 Å². The van der Waals surface area contributed by atoms with Crippen LogP contribution in [-0.4, -0.2) is 12.4 Å². The lowest BCUT2D eigenvalue weighted by atomic mass is 10.2. The first kappa shape index (κ1) is 10.5. The van der Waals surface area contributed by atoms with Crippen molar-refractivity contribution in [1.82, 2.24) is 0 Å². The molecule has 1 aromatic carbocycles. The number of rotatable bonds is 5. The summed E-state index contributed by atoms with van der Waals surface area (Å²) < 4.78 is 5.39. The van der Waals surface area contributed by atoms with E-state index in [1.807, 2.05) is 31.2 Å². The Morgan fingerprint density at radius 2 is 2.36 bits per heavy atom. The molecule has 0 aliphatic heterocycles. The van der Waals surface area contributed by atoms with Crippen LogP contribution in [0.5, 0.6) is 5.75 Å². The third-order valence-corrected chi connectivity index (χ3v) is 1.83. The first-order valence-electron chi connectivity index (χ1n) is 4.57. The SMILES string of the molecule is C=CC(=O)CCOc1cccc(C)c1. The predicted molar refractivity (Wildman–Crippen MR) is 56.5 cm³/mol. The van der Waals surface area contributed by atoms with Gasteiger partial charge in [-0.2, -0.15) is 0 Å². The molecule has 0 bridgehead atoms. The van der Waals surface area contributed by atoms with Crippen molar-refractivity contribution in [1.29, 1.82) is 0 Å². The number of ketones is 1. The van der Waals surface area contributed by atoms with Gasteiger partial charge in [0, 0.05) is 6.42 Å². The molecule has 0 unspecified atom stereocenters. The molecule has 0 aromatic heterocycles. The highest BCUT2D eigenvalue weighted by molar-refractivity contribution is 5.89. The summed E-state index contributed by atoms with van der Waals surface area (Å²) in [4.78, 5) is 10.9. The molecule has 74 valence electrons. The fourth-order valence-corrected chi connectivity index (χ4v) is 1.08. The summed E-state index contributed by atoms with van der Waals surface area (Å²) in [5.74, 6) is 0.819. The molecule has 0 radical (unpaired) electrons. The molecule has 0 heterocycles. The van der Waals surface area contributed by atoms with Gasteiger partial charge >= 0.3 is 0 Å². The molecule has 0 fully saturated rings. The number of benzene rings is 1. The average molecular weight is 190 g/mol. The molecule has 0 aliphatic carbocycles. The second kappa shape index (κ2) is 5.22. The lowest BCUT2D eigenvalue weighted by Gasteiger charge is -2.04. The Morgan fingerprint density at radius 3 is 3.00 bits per heavy atom. The van der Waals surface area contributed by atoms with Gasteiger partial charge < -0.3 is 4.74 Å². The average Bonchev–Trinajstić information content (AvgIpc) is 2.17. The predicted octanol–water partition coefficient (Wildman–Crippen LogP) is 2.52. The van der Waals surface area contributed by atoms with Gasteiger partial charge in [0.2, 0.25) is 0 Å². The van der Waals surface area contributed by atoms with E-state index < -0.39 is 0 Å². The number of carbonyl (C=O) groups is 1. The molecule has 0 atom stereocenters. The lowest BCUT2D eigenvalue weighted by Crippen LogP contribution is -2.03. The second-order valence-corrected chi connectivity index (χ2v) is 3.09. The van der Waals surface area contributed by atoms with Crippen molar-refractivity contribution in [2.75, 3.05) is 6.61 Å². The molecule has 14 heavy (non-hydrogen) atoms. The topological polar surface area (TPSA) is 26.3 Å². The molecule has 1 rings (SSSR count). The molecule has 0 N–H and O–H groups in total. The Hall–Kier alpha value is -1.57. The Labute approximate surface area is 84.2 Å². The van der Waals surface area contributed by atoms with E-state index in [1.54, 1.807) is 0 Å². The minimum atomic E-state index is 0.0117. The maximum atomic E-state index is 10.9. The van der Waals surface area contributed by atoms with Gasteiger partial charge in [0.1, 0.15) is 5.75 Å². The fraction of sp³-hybridized carbons (Fsp3) is 0.250. The highest BCUT2D eigenvalue weighted by Gasteiger charge is 1.97. The van der Waals surface area contributed by atoms with Gasteiger partial charge in [-0.15, -0.1) is 0 Å². The minimum absolute atomic E-state index is 0.0117. The standard InChI is InChI=1S/C12H14O2/c1-3-11(13)7-8-14-12-6-4-5-10(2)9-12/h3-6,9H,1,7-8H2,2H3. The van der Waals surface area contributed by atoms with Gasteiger partial charge in [0.15, 0.2) is 5.78 Å². The smallest absolute Gasteiger partial charge is 0.158 e. The number of ether oxygens (including phenoxy) is 1. The van der Waals surface area contributed by atoms with E-state index >= 15 is 0 Å². The van der Waals surface area contributed by atoms with E-state index in [0.29, 0.717) is 13.0 Å². The number of carbonyl (C=O) groups excluding carboxylic acids is 1. The largest absolute Gasteiger partial charge is 0.493 e. The number of hydrogen-bond acceptors (Lipinski definition) is 2. The van der Waals surface area contributed by atoms with Crippen LogP contribution in [0.1, 0.15) is 12.0 Å². The number of allylic oxidation sites excluding steroid dienone is 1. The second-order valence-electron chi connectivity index (χ2n) is 3.09. The Balaban J connectivity index is 2.38. The molecule has 2 nitrogen and oxygen atoms in total. The summed E-state index contributed by atoms with van der Waals surface area (Å²) >= 11 is 0. The molecule has 2 heteroatoms. The summed E-state index contributed by atoms with van der Waals surface area (Å²) in [5, 5.41) is 0.